The van der Waals surface area contributed by atoms with Gasteiger partial charge in [-0.15, -0.1) is 0 Å². The Morgan fingerprint density at radius 1 is 1.21 bits per heavy atom. The number of hydrogen-bond acceptors (Lipinski definition) is 8. The van der Waals surface area contributed by atoms with E-state index in [2.05, 4.69) is 38.4 Å². The van der Waals surface area contributed by atoms with E-state index in [0.717, 1.165) is 54.4 Å². The van der Waals surface area contributed by atoms with E-state index < -0.39 is 0 Å². The number of esters is 1. The Morgan fingerprint density at radius 3 is 2.85 bits per heavy atom. The first-order valence-electron chi connectivity index (χ1n) is 12.0. The molecule has 2 atom stereocenters. The van der Waals surface area contributed by atoms with Crippen LogP contribution in [0, 0.1) is 17.8 Å². The molecule has 3 heterocycles. The molecule has 2 aromatic rings. The molecule has 33 heavy (non-hydrogen) atoms. The van der Waals surface area contributed by atoms with Crippen LogP contribution in [0.5, 0.6) is 0 Å². The first-order chi connectivity index (χ1) is 16.2. The van der Waals surface area contributed by atoms with E-state index in [1.54, 1.807) is 24.2 Å². The first-order valence-corrected chi connectivity index (χ1v) is 12.9. The molecule has 1 N–H and O–H groups in total. The monoisotopic (exact) mass is 468 g/mol. The molecule has 176 valence electrons. The summed E-state index contributed by atoms with van der Waals surface area (Å²) in [7, 11) is 0. The first kappa shape index (κ1) is 22.6. The Hall–Kier alpha value is -2.16. The van der Waals surface area contributed by atoms with Crippen LogP contribution in [0.1, 0.15) is 38.2 Å². The van der Waals surface area contributed by atoms with Gasteiger partial charge in [0.15, 0.2) is 5.82 Å². The maximum Gasteiger partial charge on any atom is 0.332 e. The van der Waals surface area contributed by atoms with E-state index in [-0.39, 0.29) is 12.6 Å². The maximum atomic E-state index is 11.5. The highest BCUT2D eigenvalue weighted by molar-refractivity contribution is 7.99. The highest BCUT2D eigenvalue weighted by atomic mass is 32.2. The van der Waals surface area contributed by atoms with Crippen LogP contribution in [0.3, 0.4) is 0 Å². The molecule has 2 fully saturated rings. The second-order valence-corrected chi connectivity index (χ2v) is 10.3. The molecule has 0 amide bonds. The summed E-state index contributed by atoms with van der Waals surface area (Å²) < 4.78 is 10.6. The number of benzene rings is 1. The predicted octanol–water partition coefficient (Wildman–Crippen LogP) is 4.50. The Labute approximate surface area is 199 Å². The van der Waals surface area contributed by atoms with Gasteiger partial charge in [0, 0.05) is 43.5 Å². The van der Waals surface area contributed by atoms with Gasteiger partial charge < -0.3 is 14.8 Å². The van der Waals surface area contributed by atoms with Gasteiger partial charge >= 0.3 is 5.97 Å². The number of ether oxygens (including phenoxy) is 2. The van der Waals surface area contributed by atoms with Crippen molar-refractivity contribution in [3.63, 3.8) is 0 Å². The summed E-state index contributed by atoms with van der Waals surface area (Å²) >= 11 is 1.67. The number of fused-ring (bicyclic) bond motifs is 4. The Morgan fingerprint density at radius 2 is 2.03 bits per heavy atom. The number of likely N-dealkylation sites (tertiary alicyclic amines) is 1. The molecule has 7 nitrogen and oxygen atoms in total. The quantitative estimate of drug-likeness (QED) is 0.382. The van der Waals surface area contributed by atoms with E-state index in [4.69, 9.17) is 9.47 Å². The summed E-state index contributed by atoms with van der Waals surface area (Å²) in [5.74, 6) is 2.72. The molecule has 5 rings (SSSR count). The number of carbonyl (C=O) groups is 1. The third kappa shape index (κ3) is 5.34. The standard InChI is InChI=1S/C25H32N4O3S/c1-2-32-23(30)16-31-11-8-20-18-4-3-5-19(20)15-29(14-18)13-17-6-7-22-21(12-17)28-24-25(33-22)27-10-9-26-24/h6-7,9-10,12,18-20H,2-5,8,11,13-16H2,1H3,(H,26,28). The molecule has 1 aliphatic carbocycles. The fraction of sp³-hybridized carbons (Fsp3) is 0.560. The van der Waals surface area contributed by atoms with Gasteiger partial charge in [-0.2, -0.15) is 0 Å². The van der Waals surface area contributed by atoms with Crippen LogP contribution in [0.25, 0.3) is 0 Å². The SMILES string of the molecule is CCOC(=O)COCCC1C2CCCC1CN(Cc1ccc3c(c1)Nc1nccnc1S3)C2. The molecule has 1 saturated carbocycles. The maximum absolute atomic E-state index is 11.5. The number of hydrogen-bond donors (Lipinski definition) is 1. The molecule has 1 aromatic carbocycles. The van der Waals surface area contributed by atoms with Crippen molar-refractivity contribution in [3.05, 3.63) is 36.2 Å². The van der Waals surface area contributed by atoms with E-state index >= 15 is 0 Å². The van der Waals surface area contributed by atoms with Crippen molar-refractivity contribution >= 4 is 29.2 Å². The van der Waals surface area contributed by atoms with Crippen LogP contribution in [0.4, 0.5) is 11.5 Å². The highest BCUT2D eigenvalue weighted by Gasteiger charge is 2.39. The van der Waals surface area contributed by atoms with E-state index in [9.17, 15) is 4.79 Å². The summed E-state index contributed by atoms with van der Waals surface area (Å²) in [5.41, 5.74) is 2.46. The Kier molecular flexibility index (Phi) is 7.13. The van der Waals surface area contributed by atoms with Crippen LogP contribution >= 0.6 is 11.8 Å². The van der Waals surface area contributed by atoms with Crippen molar-refractivity contribution in [2.45, 2.75) is 49.1 Å². The topological polar surface area (TPSA) is 76.6 Å². The lowest BCUT2D eigenvalue weighted by atomic mass is 9.67. The fourth-order valence-corrected chi connectivity index (χ4v) is 6.54. The highest BCUT2D eigenvalue weighted by Crippen LogP contribution is 2.44. The van der Waals surface area contributed by atoms with Crippen molar-refractivity contribution in [2.75, 3.05) is 38.2 Å². The zero-order valence-corrected chi connectivity index (χ0v) is 20.0. The van der Waals surface area contributed by atoms with Crippen LogP contribution in [-0.2, 0) is 20.8 Å². The summed E-state index contributed by atoms with van der Waals surface area (Å²) in [6, 6.07) is 6.72. The number of piperidine rings is 1. The van der Waals surface area contributed by atoms with Gasteiger partial charge in [-0.05, 0) is 61.6 Å². The second-order valence-electron chi connectivity index (χ2n) is 9.22. The molecule has 2 aliphatic heterocycles. The minimum Gasteiger partial charge on any atom is -0.464 e. The summed E-state index contributed by atoms with van der Waals surface area (Å²) in [5, 5.41) is 4.38. The molecule has 1 saturated heterocycles. The number of anilines is 2. The molecular formula is C25H32N4O3S. The number of nitrogens with one attached hydrogen (secondary N) is 1. The van der Waals surface area contributed by atoms with Crippen molar-refractivity contribution in [1.82, 2.24) is 14.9 Å². The third-order valence-electron chi connectivity index (χ3n) is 7.04. The van der Waals surface area contributed by atoms with Gasteiger partial charge in [-0.3, -0.25) is 4.90 Å². The minimum atomic E-state index is -0.263. The van der Waals surface area contributed by atoms with Crippen molar-refractivity contribution in [2.24, 2.45) is 17.8 Å². The molecule has 1 aromatic heterocycles. The van der Waals surface area contributed by atoms with Gasteiger partial charge in [-0.25, -0.2) is 14.8 Å². The molecule has 2 bridgehead atoms. The van der Waals surface area contributed by atoms with Crippen LogP contribution < -0.4 is 5.32 Å². The van der Waals surface area contributed by atoms with Gasteiger partial charge in [0.1, 0.15) is 11.6 Å². The van der Waals surface area contributed by atoms with Crippen LogP contribution in [0.15, 0.2) is 40.5 Å². The predicted molar refractivity (Wildman–Crippen MR) is 128 cm³/mol. The van der Waals surface area contributed by atoms with E-state index in [1.165, 1.54) is 29.7 Å². The summed E-state index contributed by atoms with van der Waals surface area (Å²) in [4.78, 5) is 24.2. The number of aromatic nitrogens is 2. The van der Waals surface area contributed by atoms with Crippen molar-refractivity contribution in [3.8, 4) is 0 Å². The zero-order chi connectivity index (χ0) is 22.6. The Balaban J connectivity index is 1.16. The number of rotatable bonds is 8. The van der Waals surface area contributed by atoms with Crippen molar-refractivity contribution in [1.29, 1.82) is 0 Å². The zero-order valence-electron chi connectivity index (χ0n) is 19.2. The lowest BCUT2D eigenvalue weighted by Gasteiger charge is -2.47. The van der Waals surface area contributed by atoms with E-state index in [0.29, 0.717) is 19.1 Å². The number of carbonyl (C=O) groups excluding carboxylic acids is 1. The van der Waals surface area contributed by atoms with E-state index in [1.807, 2.05) is 6.92 Å². The normalized spacial score (nSPS) is 23.8. The average Bonchev–Trinajstić information content (AvgIpc) is 2.81. The van der Waals surface area contributed by atoms with Gasteiger partial charge in [-0.1, -0.05) is 24.2 Å². The minimum absolute atomic E-state index is 0.0721. The van der Waals surface area contributed by atoms with Crippen molar-refractivity contribution < 1.29 is 14.3 Å². The van der Waals surface area contributed by atoms with Crippen LogP contribution in [0.2, 0.25) is 0 Å². The molecule has 0 spiro atoms. The largest absolute Gasteiger partial charge is 0.464 e. The number of nitrogens with zero attached hydrogens (tertiary/aromatic N) is 3. The molecule has 0 radical (unpaired) electrons. The average molecular weight is 469 g/mol. The molecule has 8 heteroatoms. The molecular weight excluding hydrogens is 436 g/mol. The summed E-state index contributed by atoms with van der Waals surface area (Å²) in [6.45, 7) is 6.22. The third-order valence-corrected chi connectivity index (χ3v) is 8.11. The Bertz CT molecular complexity index is 974. The second kappa shape index (κ2) is 10.4. The van der Waals surface area contributed by atoms with Gasteiger partial charge in [0.05, 0.1) is 12.3 Å². The van der Waals surface area contributed by atoms with Crippen LogP contribution in [-0.4, -0.2) is 53.7 Å². The smallest absolute Gasteiger partial charge is 0.332 e. The lowest BCUT2D eigenvalue weighted by molar-refractivity contribution is -0.148. The summed E-state index contributed by atoms with van der Waals surface area (Å²) in [6.07, 6.45) is 8.44. The van der Waals surface area contributed by atoms with Gasteiger partial charge in [0.2, 0.25) is 0 Å². The molecule has 3 aliphatic rings. The van der Waals surface area contributed by atoms with Gasteiger partial charge in [0.25, 0.3) is 0 Å². The fourth-order valence-electron chi connectivity index (χ4n) is 5.66. The lowest BCUT2D eigenvalue weighted by Crippen LogP contribution is -2.48. The molecule has 2 unspecified atom stereocenters.